The van der Waals surface area contributed by atoms with E-state index in [2.05, 4.69) is 0 Å². The summed E-state index contributed by atoms with van der Waals surface area (Å²) in [5.41, 5.74) is 0.115. The fraction of sp³-hybridized carbons (Fsp3) is 0.182. The number of carbonyl (C=O) groups excluding carboxylic acids is 3. The van der Waals surface area contributed by atoms with Crippen molar-refractivity contribution in [1.82, 2.24) is 5.06 Å². The molecule has 0 bridgehead atoms. The van der Waals surface area contributed by atoms with Gasteiger partial charge in [-0.25, -0.2) is 4.79 Å². The molecule has 0 N–H and O–H groups in total. The van der Waals surface area contributed by atoms with E-state index < -0.39 is 17.8 Å². The first kappa shape index (κ1) is 13.3. The summed E-state index contributed by atoms with van der Waals surface area (Å²) < 4.78 is 0.863. The van der Waals surface area contributed by atoms with Gasteiger partial charge in [0.15, 0.2) is 0 Å². The molecular weight excluding hydrogens is 372 g/mol. The van der Waals surface area contributed by atoms with E-state index in [9.17, 15) is 14.4 Å². The Labute approximate surface area is 121 Å². The largest absolute Gasteiger partial charge is 0.365 e. The minimum absolute atomic E-state index is 0.0620. The van der Waals surface area contributed by atoms with Crippen LogP contribution in [0.5, 0.6) is 0 Å². The van der Waals surface area contributed by atoms with Crippen LogP contribution in [0.4, 0.5) is 0 Å². The SMILES string of the molecule is O=C(ON1C(=O)CCC1=O)c1ccc(I)cc1Cl. The number of hydrogen-bond acceptors (Lipinski definition) is 4. The smallest absolute Gasteiger partial charge is 0.325 e. The summed E-state index contributed by atoms with van der Waals surface area (Å²) in [5.74, 6) is -1.86. The number of benzene rings is 1. The Kier molecular flexibility index (Phi) is 3.86. The van der Waals surface area contributed by atoms with Crippen molar-refractivity contribution in [2.45, 2.75) is 12.8 Å². The van der Waals surface area contributed by atoms with E-state index in [1.807, 2.05) is 22.6 Å². The lowest BCUT2D eigenvalue weighted by atomic mass is 10.2. The highest BCUT2D eigenvalue weighted by Gasteiger charge is 2.33. The Balaban J connectivity index is 2.17. The normalized spacial score (nSPS) is 15.1. The highest BCUT2D eigenvalue weighted by Crippen LogP contribution is 2.21. The van der Waals surface area contributed by atoms with Crippen LogP contribution in [0.25, 0.3) is 0 Å². The highest BCUT2D eigenvalue weighted by atomic mass is 127. The Morgan fingerprint density at radius 2 is 1.89 bits per heavy atom. The van der Waals surface area contributed by atoms with Crippen LogP contribution in [0.2, 0.25) is 5.02 Å². The number of hydroxylamine groups is 2. The third kappa shape index (κ3) is 2.64. The molecule has 1 fully saturated rings. The maximum atomic E-state index is 11.8. The molecule has 94 valence electrons. The fourth-order valence-corrected chi connectivity index (χ4v) is 2.38. The lowest BCUT2D eigenvalue weighted by Crippen LogP contribution is -2.32. The van der Waals surface area contributed by atoms with Crippen molar-refractivity contribution >= 4 is 52.0 Å². The summed E-state index contributed by atoms with van der Waals surface area (Å²) in [4.78, 5) is 39.1. The van der Waals surface area contributed by atoms with E-state index in [1.165, 1.54) is 6.07 Å². The average Bonchev–Trinajstić information content (AvgIpc) is 2.60. The van der Waals surface area contributed by atoms with Gasteiger partial charge in [-0.3, -0.25) is 9.59 Å². The molecule has 0 spiro atoms. The third-order valence-corrected chi connectivity index (χ3v) is 3.31. The van der Waals surface area contributed by atoms with Crippen LogP contribution < -0.4 is 0 Å². The molecule has 2 amide bonds. The topological polar surface area (TPSA) is 63.7 Å². The number of amides is 2. The highest BCUT2D eigenvalue weighted by molar-refractivity contribution is 14.1. The number of imide groups is 1. The van der Waals surface area contributed by atoms with Gasteiger partial charge >= 0.3 is 5.97 Å². The maximum Gasteiger partial charge on any atom is 0.365 e. The summed E-state index contributed by atoms with van der Waals surface area (Å²) in [6.07, 6.45) is 0.124. The van der Waals surface area contributed by atoms with Crippen LogP contribution >= 0.6 is 34.2 Å². The van der Waals surface area contributed by atoms with Crippen LogP contribution in [0.15, 0.2) is 18.2 Å². The maximum absolute atomic E-state index is 11.8. The molecule has 0 aliphatic carbocycles. The molecule has 5 nitrogen and oxygen atoms in total. The number of rotatable bonds is 2. The van der Waals surface area contributed by atoms with Crippen molar-refractivity contribution in [3.63, 3.8) is 0 Å². The van der Waals surface area contributed by atoms with E-state index in [0.717, 1.165) is 3.57 Å². The molecule has 1 aliphatic heterocycles. The molecule has 1 heterocycles. The number of hydrogen-bond donors (Lipinski definition) is 0. The van der Waals surface area contributed by atoms with E-state index in [0.29, 0.717) is 5.06 Å². The molecule has 18 heavy (non-hydrogen) atoms. The molecule has 0 atom stereocenters. The van der Waals surface area contributed by atoms with Crippen LogP contribution in [0.1, 0.15) is 23.2 Å². The zero-order chi connectivity index (χ0) is 13.3. The molecular formula is C11H7ClINO4. The van der Waals surface area contributed by atoms with Gasteiger partial charge in [0, 0.05) is 16.4 Å². The molecule has 0 radical (unpaired) electrons. The second-order valence-electron chi connectivity index (χ2n) is 3.58. The van der Waals surface area contributed by atoms with Gasteiger partial charge in [0.1, 0.15) is 0 Å². The zero-order valence-corrected chi connectivity index (χ0v) is 11.9. The molecule has 0 unspecified atom stereocenters. The van der Waals surface area contributed by atoms with Crippen molar-refractivity contribution < 1.29 is 19.2 Å². The molecule has 1 aromatic rings. The Bertz CT molecular complexity index is 530. The van der Waals surface area contributed by atoms with Gasteiger partial charge in [-0.2, -0.15) is 0 Å². The Hall–Kier alpha value is -1.15. The van der Waals surface area contributed by atoms with Gasteiger partial charge in [0.2, 0.25) is 0 Å². The molecule has 1 aromatic carbocycles. The standard InChI is InChI=1S/C11H7ClINO4/c12-8-5-6(13)1-2-7(8)11(17)18-14-9(15)3-4-10(14)16/h1-2,5H,3-4H2. The fourth-order valence-electron chi connectivity index (χ4n) is 1.44. The van der Waals surface area contributed by atoms with Crippen LogP contribution in [0.3, 0.4) is 0 Å². The van der Waals surface area contributed by atoms with E-state index in [-0.39, 0.29) is 23.4 Å². The lowest BCUT2D eigenvalue weighted by molar-refractivity contribution is -0.172. The van der Waals surface area contributed by atoms with Gasteiger partial charge in [0.25, 0.3) is 11.8 Å². The van der Waals surface area contributed by atoms with Gasteiger partial charge in [-0.05, 0) is 40.8 Å². The summed E-state index contributed by atoms with van der Waals surface area (Å²) in [6, 6.07) is 4.75. The first-order valence-corrected chi connectivity index (χ1v) is 6.48. The Morgan fingerprint density at radius 3 is 2.44 bits per heavy atom. The Morgan fingerprint density at radius 1 is 1.28 bits per heavy atom. The zero-order valence-electron chi connectivity index (χ0n) is 8.98. The number of halogens is 2. The molecule has 7 heteroatoms. The van der Waals surface area contributed by atoms with Crippen molar-refractivity contribution in [1.29, 1.82) is 0 Å². The lowest BCUT2D eigenvalue weighted by Gasteiger charge is -2.13. The van der Waals surface area contributed by atoms with Crippen molar-refractivity contribution in [2.75, 3.05) is 0 Å². The van der Waals surface area contributed by atoms with E-state index in [1.54, 1.807) is 12.1 Å². The van der Waals surface area contributed by atoms with Crippen LogP contribution in [-0.4, -0.2) is 22.8 Å². The second-order valence-corrected chi connectivity index (χ2v) is 5.24. The van der Waals surface area contributed by atoms with Crippen molar-refractivity contribution in [3.8, 4) is 0 Å². The molecule has 0 saturated carbocycles. The first-order chi connectivity index (χ1) is 8.49. The first-order valence-electron chi connectivity index (χ1n) is 5.02. The molecule has 1 saturated heterocycles. The van der Waals surface area contributed by atoms with Gasteiger partial charge in [-0.1, -0.05) is 11.6 Å². The van der Waals surface area contributed by atoms with Crippen molar-refractivity contribution in [2.24, 2.45) is 0 Å². The van der Waals surface area contributed by atoms with Crippen LogP contribution in [-0.2, 0) is 14.4 Å². The van der Waals surface area contributed by atoms with Gasteiger partial charge < -0.3 is 4.84 Å². The summed E-state index contributed by atoms with van der Waals surface area (Å²) >= 11 is 7.94. The third-order valence-electron chi connectivity index (χ3n) is 2.33. The van der Waals surface area contributed by atoms with Gasteiger partial charge in [-0.15, -0.1) is 5.06 Å². The number of nitrogens with zero attached hydrogens (tertiary/aromatic N) is 1. The predicted octanol–water partition coefficient (Wildman–Crippen LogP) is 2.17. The van der Waals surface area contributed by atoms with E-state index in [4.69, 9.17) is 16.4 Å². The molecule has 2 rings (SSSR count). The second kappa shape index (κ2) is 5.23. The minimum atomic E-state index is -0.819. The molecule has 0 aromatic heterocycles. The minimum Gasteiger partial charge on any atom is -0.325 e. The average molecular weight is 380 g/mol. The summed E-state index contributed by atoms with van der Waals surface area (Å²) in [7, 11) is 0. The summed E-state index contributed by atoms with van der Waals surface area (Å²) in [5, 5.41) is 0.711. The van der Waals surface area contributed by atoms with Gasteiger partial charge in [0.05, 0.1) is 10.6 Å². The number of carbonyl (C=O) groups is 3. The predicted molar refractivity (Wildman–Crippen MR) is 70.7 cm³/mol. The summed E-state index contributed by atoms with van der Waals surface area (Å²) in [6.45, 7) is 0. The quantitative estimate of drug-likeness (QED) is 0.584. The van der Waals surface area contributed by atoms with Crippen molar-refractivity contribution in [3.05, 3.63) is 32.4 Å². The molecule has 1 aliphatic rings. The van der Waals surface area contributed by atoms with Crippen LogP contribution in [0, 0.1) is 3.57 Å². The monoisotopic (exact) mass is 379 g/mol. The van der Waals surface area contributed by atoms with E-state index >= 15 is 0 Å².